The number of nitrogens with two attached hydrogens (primary N) is 1. The molecule has 3 nitrogen and oxygen atoms in total. The number of hydrogen-bond acceptors (Lipinski definition) is 2. The zero-order valence-electron chi connectivity index (χ0n) is 11.0. The lowest BCUT2D eigenvalue weighted by molar-refractivity contribution is 0.954. The third kappa shape index (κ3) is 2.13. The van der Waals surface area contributed by atoms with Gasteiger partial charge < -0.3 is 10.3 Å². The van der Waals surface area contributed by atoms with Crippen LogP contribution in [-0.4, -0.2) is 16.1 Å². The van der Waals surface area contributed by atoms with Crippen LogP contribution in [0.1, 0.15) is 5.56 Å². The van der Waals surface area contributed by atoms with Crippen LogP contribution < -0.4 is 5.73 Å². The van der Waals surface area contributed by atoms with Gasteiger partial charge in [-0.25, -0.2) is 4.98 Å². The van der Waals surface area contributed by atoms with Gasteiger partial charge in [0, 0.05) is 12.6 Å². The molecular formula is C16H17N3. The zero-order chi connectivity index (χ0) is 13.2. The quantitative estimate of drug-likeness (QED) is 0.778. The van der Waals surface area contributed by atoms with Crippen LogP contribution in [0.25, 0.3) is 22.4 Å². The van der Waals surface area contributed by atoms with Gasteiger partial charge in [-0.2, -0.15) is 0 Å². The summed E-state index contributed by atoms with van der Waals surface area (Å²) in [5.41, 5.74) is 10.2. The average molecular weight is 251 g/mol. The fourth-order valence-electron chi connectivity index (χ4n) is 2.39. The molecule has 0 saturated carbocycles. The Morgan fingerprint density at radius 3 is 2.47 bits per heavy atom. The van der Waals surface area contributed by atoms with Gasteiger partial charge in [0.15, 0.2) is 0 Å². The first-order valence-corrected chi connectivity index (χ1v) is 6.50. The predicted octanol–water partition coefficient (Wildman–Crippen LogP) is 2.74. The van der Waals surface area contributed by atoms with Crippen molar-refractivity contribution in [2.75, 3.05) is 6.54 Å². The average Bonchev–Trinajstić information content (AvgIpc) is 2.78. The second-order valence-corrected chi connectivity index (χ2v) is 4.72. The molecule has 0 fully saturated rings. The van der Waals surface area contributed by atoms with E-state index >= 15 is 0 Å². The van der Waals surface area contributed by atoms with Gasteiger partial charge in [0.05, 0.1) is 11.0 Å². The van der Waals surface area contributed by atoms with E-state index < -0.39 is 0 Å². The maximum Gasteiger partial charge on any atom is 0.140 e. The Morgan fingerprint density at radius 2 is 1.79 bits per heavy atom. The zero-order valence-corrected chi connectivity index (χ0v) is 11.0. The van der Waals surface area contributed by atoms with Gasteiger partial charge in [-0.3, -0.25) is 0 Å². The summed E-state index contributed by atoms with van der Waals surface area (Å²) in [7, 11) is 2.05. The highest BCUT2D eigenvalue weighted by Gasteiger charge is 2.08. The molecule has 0 aliphatic heterocycles. The number of aryl methyl sites for hydroxylation is 1. The topological polar surface area (TPSA) is 43.8 Å². The highest BCUT2D eigenvalue weighted by atomic mass is 15.1. The molecule has 2 N–H and O–H groups in total. The van der Waals surface area contributed by atoms with E-state index in [0.29, 0.717) is 6.54 Å². The number of fused-ring (bicyclic) bond motifs is 1. The van der Waals surface area contributed by atoms with Crippen LogP contribution in [0.5, 0.6) is 0 Å². The third-order valence-electron chi connectivity index (χ3n) is 3.43. The van der Waals surface area contributed by atoms with Crippen molar-refractivity contribution in [3.05, 3.63) is 54.1 Å². The monoisotopic (exact) mass is 251 g/mol. The summed E-state index contributed by atoms with van der Waals surface area (Å²) >= 11 is 0. The lowest BCUT2D eigenvalue weighted by Crippen LogP contribution is -2.02. The Bertz CT molecular complexity index is 696. The largest absolute Gasteiger partial charge is 0.330 e. The van der Waals surface area contributed by atoms with Gasteiger partial charge in [0.25, 0.3) is 0 Å². The lowest BCUT2D eigenvalue weighted by atomic mass is 10.1. The first-order chi connectivity index (χ1) is 9.29. The van der Waals surface area contributed by atoms with Crippen molar-refractivity contribution in [3.8, 4) is 11.4 Å². The van der Waals surface area contributed by atoms with Gasteiger partial charge in [-0.15, -0.1) is 0 Å². The molecule has 0 spiro atoms. The minimum absolute atomic E-state index is 0.686. The Balaban J connectivity index is 2.06. The van der Waals surface area contributed by atoms with Gasteiger partial charge in [0.2, 0.25) is 0 Å². The Labute approximate surface area is 112 Å². The van der Waals surface area contributed by atoms with Crippen LogP contribution >= 0.6 is 0 Å². The first kappa shape index (κ1) is 11.9. The van der Waals surface area contributed by atoms with Crippen molar-refractivity contribution in [1.29, 1.82) is 0 Å². The standard InChI is InChI=1S/C16H17N3/c1-19-15-5-3-2-4-14(15)18-16(19)13-8-6-12(7-9-13)10-11-17/h2-9H,10-11,17H2,1H3. The molecule has 0 aliphatic carbocycles. The fourth-order valence-corrected chi connectivity index (χ4v) is 2.39. The number of imidazole rings is 1. The highest BCUT2D eigenvalue weighted by molar-refractivity contribution is 5.80. The molecule has 0 amide bonds. The third-order valence-corrected chi connectivity index (χ3v) is 3.43. The van der Waals surface area contributed by atoms with Crippen LogP contribution in [-0.2, 0) is 13.5 Å². The molecule has 0 radical (unpaired) electrons. The SMILES string of the molecule is Cn1c(-c2ccc(CCN)cc2)nc2ccccc21. The van der Waals surface area contributed by atoms with E-state index in [4.69, 9.17) is 10.7 Å². The molecule has 0 unspecified atom stereocenters. The second-order valence-electron chi connectivity index (χ2n) is 4.72. The van der Waals surface area contributed by atoms with Gasteiger partial charge in [-0.1, -0.05) is 36.4 Å². The lowest BCUT2D eigenvalue weighted by Gasteiger charge is -2.04. The fraction of sp³-hybridized carbons (Fsp3) is 0.188. The Morgan fingerprint density at radius 1 is 1.05 bits per heavy atom. The Kier molecular flexibility index (Phi) is 3.05. The van der Waals surface area contributed by atoms with Gasteiger partial charge in [0.1, 0.15) is 5.82 Å². The predicted molar refractivity (Wildman–Crippen MR) is 78.9 cm³/mol. The molecule has 96 valence electrons. The normalized spacial score (nSPS) is 11.1. The summed E-state index contributed by atoms with van der Waals surface area (Å²) in [6.45, 7) is 0.686. The van der Waals surface area contributed by atoms with E-state index in [0.717, 1.165) is 28.8 Å². The maximum atomic E-state index is 5.57. The summed E-state index contributed by atoms with van der Waals surface area (Å²) in [6.07, 6.45) is 0.919. The van der Waals surface area contributed by atoms with E-state index in [1.165, 1.54) is 5.56 Å². The molecule has 0 aliphatic rings. The minimum atomic E-state index is 0.686. The second kappa shape index (κ2) is 4.86. The molecule has 0 saturated heterocycles. The maximum absolute atomic E-state index is 5.57. The molecule has 19 heavy (non-hydrogen) atoms. The molecular weight excluding hydrogens is 234 g/mol. The van der Waals surface area contributed by atoms with Crippen molar-refractivity contribution in [2.45, 2.75) is 6.42 Å². The number of para-hydroxylation sites is 2. The minimum Gasteiger partial charge on any atom is -0.330 e. The van der Waals surface area contributed by atoms with Crippen LogP contribution in [0.2, 0.25) is 0 Å². The number of hydrogen-bond donors (Lipinski definition) is 1. The molecule has 1 heterocycles. The van der Waals surface area contributed by atoms with E-state index in [1.54, 1.807) is 0 Å². The highest BCUT2D eigenvalue weighted by Crippen LogP contribution is 2.23. The summed E-state index contributed by atoms with van der Waals surface area (Å²) in [5.74, 6) is 1.00. The molecule has 2 aromatic carbocycles. The molecule has 3 heteroatoms. The van der Waals surface area contributed by atoms with Crippen molar-refractivity contribution >= 4 is 11.0 Å². The van der Waals surface area contributed by atoms with Crippen molar-refractivity contribution in [1.82, 2.24) is 9.55 Å². The molecule has 0 atom stereocenters. The number of nitrogens with zero attached hydrogens (tertiary/aromatic N) is 2. The van der Waals surface area contributed by atoms with Gasteiger partial charge in [-0.05, 0) is 30.7 Å². The molecule has 3 aromatic rings. The summed E-state index contributed by atoms with van der Waals surface area (Å²) < 4.78 is 2.13. The van der Waals surface area contributed by atoms with Crippen molar-refractivity contribution in [3.63, 3.8) is 0 Å². The smallest absolute Gasteiger partial charge is 0.140 e. The van der Waals surface area contributed by atoms with Crippen LogP contribution in [0.4, 0.5) is 0 Å². The van der Waals surface area contributed by atoms with E-state index in [2.05, 4.69) is 41.9 Å². The Hall–Kier alpha value is -2.13. The van der Waals surface area contributed by atoms with Crippen molar-refractivity contribution < 1.29 is 0 Å². The number of aromatic nitrogens is 2. The van der Waals surface area contributed by atoms with Crippen LogP contribution in [0, 0.1) is 0 Å². The van der Waals surface area contributed by atoms with E-state index in [9.17, 15) is 0 Å². The number of rotatable bonds is 3. The molecule has 1 aromatic heterocycles. The van der Waals surface area contributed by atoms with Crippen LogP contribution in [0.3, 0.4) is 0 Å². The van der Waals surface area contributed by atoms with Crippen molar-refractivity contribution in [2.24, 2.45) is 12.8 Å². The molecule has 3 rings (SSSR count). The van der Waals surface area contributed by atoms with E-state index in [1.807, 2.05) is 18.2 Å². The molecule has 0 bridgehead atoms. The number of benzene rings is 2. The summed E-state index contributed by atoms with van der Waals surface area (Å²) in [4.78, 5) is 4.70. The summed E-state index contributed by atoms with van der Waals surface area (Å²) in [5, 5.41) is 0. The van der Waals surface area contributed by atoms with E-state index in [-0.39, 0.29) is 0 Å². The first-order valence-electron chi connectivity index (χ1n) is 6.50. The summed E-state index contributed by atoms with van der Waals surface area (Å²) in [6, 6.07) is 16.7. The van der Waals surface area contributed by atoms with Gasteiger partial charge >= 0.3 is 0 Å². The van der Waals surface area contributed by atoms with Crippen LogP contribution in [0.15, 0.2) is 48.5 Å².